The van der Waals surface area contributed by atoms with Crippen LogP contribution < -0.4 is 0 Å². The summed E-state index contributed by atoms with van der Waals surface area (Å²) in [6.07, 6.45) is 4.11. The van der Waals surface area contributed by atoms with Gasteiger partial charge in [-0.25, -0.2) is 0 Å². The molecule has 1 aromatic carbocycles. The van der Waals surface area contributed by atoms with Gasteiger partial charge in [-0.3, -0.25) is 10.1 Å². The van der Waals surface area contributed by atoms with Crippen molar-refractivity contribution in [2.45, 2.75) is 6.42 Å². The summed E-state index contributed by atoms with van der Waals surface area (Å²) in [7, 11) is 0. The third kappa shape index (κ3) is 3.21. The third-order valence-electron chi connectivity index (χ3n) is 1.86. The largest absolute Gasteiger partial charge is 0.306 e. The highest BCUT2D eigenvalue weighted by atomic mass is 35.5. The highest BCUT2D eigenvalue weighted by molar-refractivity contribution is 7.80. The lowest BCUT2D eigenvalue weighted by molar-refractivity contribution is -0.387. The van der Waals surface area contributed by atoms with E-state index in [4.69, 9.17) is 11.6 Å². The van der Waals surface area contributed by atoms with Gasteiger partial charge in [0.2, 0.25) is 5.82 Å². The number of rotatable bonds is 4. The first-order chi connectivity index (χ1) is 7.56. The second-order valence-electron chi connectivity index (χ2n) is 3.00. The van der Waals surface area contributed by atoms with Crippen LogP contribution in [0.25, 0.3) is 6.08 Å². The number of hydrogen-bond donors (Lipinski definition) is 1. The number of nitrogens with zero attached hydrogens (tertiary/aromatic N) is 1. The molecule has 0 heterocycles. The van der Waals surface area contributed by atoms with E-state index in [1.165, 1.54) is 0 Å². The Hall–Kier alpha value is -1.07. The minimum atomic E-state index is -0.889. The van der Waals surface area contributed by atoms with Crippen LogP contribution in [0, 0.1) is 15.9 Å². The lowest BCUT2D eigenvalue weighted by Crippen LogP contribution is -1.93. The van der Waals surface area contributed by atoms with Gasteiger partial charge >= 0.3 is 5.69 Å². The minimum absolute atomic E-state index is 0.156. The second kappa shape index (κ2) is 5.86. The Morgan fingerprint density at radius 3 is 2.81 bits per heavy atom. The first-order valence-corrected chi connectivity index (χ1v) is 5.48. The van der Waals surface area contributed by atoms with E-state index in [9.17, 15) is 14.5 Å². The summed E-state index contributed by atoms with van der Waals surface area (Å²) >= 11 is 9.79. The summed E-state index contributed by atoms with van der Waals surface area (Å²) in [5, 5.41) is 10.6. The highest BCUT2D eigenvalue weighted by Gasteiger charge is 2.16. The molecular formula is C10H9ClFNO2S. The molecule has 0 radical (unpaired) electrons. The molecule has 0 aromatic heterocycles. The molecule has 0 saturated carbocycles. The van der Waals surface area contributed by atoms with E-state index in [2.05, 4.69) is 12.6 Å². The van der Waals surface area contributed by atoms with Gasteiger partial charge in [0, 0.05) is 6.07 Å². The molecular weight excluding hydrogens is 253 g/mol. The summed E-state index contributed by atoms with van der Waals surface area (Å²) in [5.41, 5.74) is -0.192. The van der Waals surface area contributed by atoms with Crippen molar-refractivity contribution in [1.29, 1.82) is 0 Å². The topological polar surface area (TPSA) is 43.1 Å². The van der Waals surface area contributed by atoms with Gasteiger partial charge in [0.15, 0.2) is 0 Å². The maximum absolute atomic E-state index is 13.2. The van der Waals surface area contributed by atoms with Crippen LogP contribution in [0.1, 0.15) is 12.0 Å². The normalized spacial score (nSPS) is 10.9. The zero-order valence-corrected chi connectivity index (χ0v) is 9.84. The molecule has 16 heavy (non-hydrogen) atoms. The number of halogens is 2. The Bertz CT molecular complexity index is 437. The monoisotopic (exact) mass is 261 g/mol. The molecule has 6 heteroatoms. The third-order valence-corrected chi connectivity index (χ3v) is 2.44. The number of nitro groups is 1. The fourth-order valence-corrected chi connectivity index (χ4v) is 1.47. The van der Waals surface area contributed by atoms with Crippen LogP contribution >= 0.6 is 24.2 Å². The zero-order valence-electron chi connectivity index (χ0n) is 8.19. The van der Waals surface area contributed by atoms with E-state index >= 15 is 0 Å². The van der Waals surface area contributed by atoms with Gasteiger partial charge in [-0.05, 0) is 23.8 Å². The van der Waals surface area contributed by atoms with Crippen LogP contribution in [0.2, 0.25) is 5.02 Å². The van der Waals surface area contributed by atoms with Crippen molar-refractivity contribution in [2.24, 2.45) is 0 Å². The maximum Gasteiger partial charge on any atom is 0.306 e. The number of benzene rings is 1. The van der Waals surface area contributed by atoms with Gasteiger partial charge in [-0.15, -0.1) is 0 Å². The fourth-order valence-electron chi connectivity index (χ4n) is 1.10. The van der Waals surface area contributed by atoms with Crippen LogP contribution in [0.5, 0.6) is 0 Å². The van der Waals surface area contributed by atoms with Crippen LogP contribution in [0.15, 0.2) is 18.2 Å². The second-order valence-corrected chi connectivity index (χ2v) is 3.85. The Kier molecular flexibility index (Phi) is 4.76. The first kappa shape index (κ1) is 13.0. The summed E-state index contributed by atoms with van der Waals surface area (Å²) in [6, 6.07) is 2.06. The molecule has 0 atom stereocenters. The van der Waals surface area contributed by atoms with Crippen LogP contribution in [0.3, 0.4) is 0 Å². The predicted molar refractivity (Wildman–Crippen MR) is 65.6 cm³/mol. The van der Waals surface area contributed by atoms with Gasteiger partial charge in [0.1, 0.15) is 0 Å². The van der Waals surface area contributed by atoms with E-state index in [0.29, 0.717) is 11.3 Å². The molecule has 0 aliphatic heterocycles. The van der Waals surface area contributed by atoms with E-state index in [1.54, 1.807) is 12.2 Å². The van der Waals surface area contributed by atoms with Crippen LogP contribution in [-0.2, 0) is 0 Å². The molecule has 86 valence electrons. The quantitative estimate of drug-likeness (QED) is 0.510. The summed E-state index contributed by atoms with van der Waals surface area (Å²) in [4.78, 5) is 9.62. The Morgan fingerprint density at radius 2 is 2.25 bits per heavy atom. The van der Waals surface area contributed by atoms with Crippen molar-refractivity contribution in [3.63, 3.8) is 0 Å². The van der Waals surface area contributed by atoms with E-state index in [1.807, 2.05) is 0 Å². The van der Waals surface area contributed by atoms with Crippen molar-refractivity contribution in [1.82, 2.24) is 0 Å². The standard InChI is InChI=1S/C10H9ClFNO2S/c11-8-6-10(13(14)15)9(12)5-7(8)3-1-2-4-16/h1,3,5-6,16H,2,4H2. The summed E-state index contributed by atoms with van der Waals surface area (Å²) < 4.78 is 13.2. The smallest absolute Gasteiger partial charge is 0.258 e. The zero-order chi connectivity index (χ0) is 12.1. The highest BCUT2D eigenvalue weighted by Crippen LogP contribution is 2.26. The van der Waals surface area contributed by atoms with Gasteiger partial charge in [0.25, 0.3) is 0 Å². The molecule has 0 aliphatic carbocycles. The lowest BCUT2D eigenvalue weighted by Gasteiger charge is -1.99. The molecule has 0 aliphatic rings. The van der Waals surface area contributed by atoms with Gasteiger partial charge in [0.05, 0.1) is 9.95 Å². The van der Waals surface area contributed by atoms with E-state index in [-0.39, 0.29) is 5.02 Å². The van der Waals surface area contributed by atoms with Gasteiger partial charge in [-0.1, -0.05) is 23.8 Å². The first-order valence-electron chi connectivity index (χ1n) is 4.47. The Balaban J connectivity index is 3.05. The maximum atomic E-state index is 13.2. The van der Waals surface area contributed by atoms with Crippen molar-refractivity contribution < 1.29 is 9.31 Å². The molecule has 3 nitrogen and oxygen atoms in total. The molecule has 0 N–H and O–H groups in total. The van der Waals surface area contributed by atoms with Crippen molar-refractivity contribution >= 4 is 36.0 Å². The minimum Gasteiger partial charge on any atom is -0.258 e. The molecule has 0 unspecified atom stereocenters. The van der Waals surface area contributed by atoms with Gasteiger partial charge < -0.3 is 0 Å². The average Bonchev–Trinajstić information content (AvgIpc) is 2.22. The van der Waals surface area contributed by atoms with Crippen molar-refractivity contribution in [3.05, 3.63) is 44.7 Å². The number of hydrogen-bond acceptors (Lipinski definition) is 3. The Morgan fingerprint density at radius 1 is 1.56 bits per heavy atom. The van der Waals surface area contributed by atoms with Crippen LogP contribution in [-0.4, -0.2) is 10.7 Å². The van der Waals surface area contributed by atoms with Crippen LogP contribution in [0.4, 0.5) is 10.1 Å². The molecule has 1 rings (SSSR count). The molecule has 0 saturated heterocycles. The fraction of sp³-hybridized carbons (Fsp3) is 0.200. The molecule has 0 amide bonds. The summed E-state index contributed by atoms with van der Waals surface area (Å²) in [5.74, 6) is -0.219. The lowest BCUT2D eigenvalue weighted by atomic mass is 10.1. The SMILES string of the molecule is O=[N+]([O-])c1cc(Cl)c(C=CCCS)cc1F. The number of allylic oxidation sites excluding steroid dienone is 1. The molecule has 0 spiro atoms. The average molecular weight is 262 g/mol. The number of nitro benzene ring substituents is 1. The molecule has 0 bridgehead atoms. The number of thiol groups is 1. The summed E-state index contributed by atoms with van der Waals surface area (Å²) in [6.45, 7) is 0. The van der Waals surface area contributed by atoms with E-state index in [0.717, 1.165) is 18.6 Å². The van der Waals surface area contributed by atoms with Crippen molar-refractivity contribution in [3.8, 4) is 0 Å². The van der Waals surface area contributed by atoms with E-state index < -0.39 is 16.4 Å². The molecule has 1 aromatic rings. The predicted octanol–water partition coefficient (Wildman–Crippen LogP) is 3.72. The van der Waals surface area contributed by atoms with Gasteiger partial charge in [-0.2, -0.15) is 17.0 Å². The Labute approximate surface area is 102 Å². The molecule has 0 fully saturated rings. The van der Waals surface area contributed by atoms with Crippen molar-refractivity contribution in [2.75, 3.05) is 5.75 Å².